The van der Waals surface area contributed by atoms with Crippen molar-refractivity contribution in [1.82, 2.24) is 15.1 Å². The van der Waals surface area contributed by atoms with Crippen molar-refractivity contribution in [3.05, 3.63) is 65.7 Å². The van der Waals surface area contributed by atoms with Gasteiger partial charge in [-0.3, -0.25) is 0 Å². The lowest BCUT2D eigenvalue weighted by Gasteiger charge is -2.35. The molecule has 0 spiro atoms. The average molecular weight is 424 g/mol. The number of amides is 2. The summed E-state index contributed by atoms with van der Waals surface area (Å²) < 4.78 is 5.40. The molecular weight excluding hydrogens is 402 g/mol. The third-order valence-corrected chi connectivity index (χ3v) is 5.27. The smallest absolute Gasteiger partial charge is 0.321 e. The number of methoxy groups -OCH3 is 1. The van der Waals surface area contributed by atoms with Crippen molar-refractivity contribution in [3.63, 3.8) is 0 Å². The minimum atomic E-state index is -0.116. The second kappa shape index (κ2) is 9.00. The first-order valence-corrected chi connectivity index (χ1v) is 10.1. The van der Waals surface area contributed by atoms with Crippen molar-refractivity contribution in [2.45, 2.75) is 0 Å². The molecule has 0 atom stereocenters. The molecule has 1 N–H and O–H groups in total. The Morgan fingerprint density at radius 1 is 0.967 bits per heavy atom. The summed E-state index contributed by atoms with van der Waals surface area (Å²) in [4.78, 5) is 16.4. The van der Waals surface area contributed by atoms with E-state index in [1.54, 1.807) is 36.3 Å². The highest BCUT2D eigenvalue weighted by atomic mass is 35.5. The first-order valence-electron chi connectivity index (χ1n) is 9.67. The molecule has 1 fully saturated rings. The number of hydrogen-bond acceptors (Lipinski definition) is 5. The van der Waals surface area contributed by atoms with Crippen LogP contribution in [0.5, 0.6) is 5.75 Å². The Hall–Kier alpha value is -3.32. The van der Waals surface area contributed by atoms with Crippen LogP contribution in [0, 0.1) is 0 Å². The first kappa shape index (κ1) is 20.0. The van der Waals surface area contributed by atoms with E-state index in [0.717, 1.165) is 28.5 Å². The van der Waals surface area contributed by atoms with Crippen molar-refractivity contribution in [3.8, 4) is 17.0 Å². The van der Waals surface area contributed by atoms with Crippen LogP contribution in [0.3, 0.4) is 0 Å². The predicted molar refractivity (Wildman–Crippen MR) is 118 cm³/mol. The number of carbonyl (C=O) groups excluding carboxylic acids is 1. The van der Waals surface area contributed by atoms with E-state index in [9.17, 15) is 4.79 Å². The standard InChI is InChI=1S/C22H22ClN5O2/c1-30-20-5-3-2-4-18(20)19-10-11-21(26-25-19)27-12-14-28(15-13-27)22(29)24-17-8-6-16(23)7-9-17/h2-11H,12-15H2,1H3,(H,24,29). The summed E-state index contributed by atoms with van der Waals surface area (Å²) in [7, 11) is 1.64. The quantitative estimate of drug-likeness (QED) is 0.682. The van der Waals surface area contributed by atoms with Crippen LogP contribution in [0.1, 0.15) is 0 Å². The monoisotopic (exact) mass is 423 g/mol. The maximum absolute atomic E-state index is 12.5. The summed E-state index contributed by atoms with van der Waals surface area (Å²) in [6, 6.07) is 18.6. The number of para-hydroxylation sites is 1. The number of rotatable bonds is 4. The lowest BCUT2D eigenvalue weighted by atomic mass is 10.1. The maximum Gasteiger partial charge on any atom is 0.321 e. The average Bonchev–Trinajstić information content (AvgIpc) is 2.81. The fourth-order valence-electron chi connectivity index (χ4n) is 3.37. The van der Waals surface area contributed by atoms with Gasteiger partial charge in [-0.1, -0.05) is 23.7 Å². The van der Waals surface area contributed by atoms with Crippen molar-refractivity contribution >= 4 is 29.1 Å². The molecule has 0 bridgehead atoms. The lowest BCUT2D eigenvalue weighted by Crippen LogP contribution is -2.50. The van der Waals surface area contributed by atoms with Gasteiger partial charge >= 0.3 is 6.03 Å². The van der Waals surface area contributed by atoms with Crippen LogP contribution in [0.15, 0.2) is 60.7 Å². The molecule has 2 amide bonds. The van der Waals surface area contributed by atoms with Crippen LogP contribution < -0.4 is 15.0 Å². The third-order valence-electron chi connectivity index (χ3n) is 5.02. The largest absolute Gasteiger partial charge is 0.496 e. The molecule has 0 aliphatic carbocycles. The molecular formula is C22H22ClN5O2. The number of anilines is 2. The third kappa shape index (κ3) is 4.46. The number of nitrogens with zero attached hydrogens (tertiary/aromatic N) is 4. The number of hydrogen-bond donors (Lipinski definition) is 1. The minimum Gasteiger partial charge on any atom is -0.496 e. The van der Waals surface area contributed by atoms with E-state index in [2.05, 4.69) is 20.4 Å². The Morgan fingerprint density at radius 2 is 1.70 bits per heavy atom. The van der Waals surface area contributed by atoms with Gasteiger partial charge in [0.15, 0.2) is 5.82 Å². The number of aromatic nitrogens is 2. The molecule has 1 aromatic heterocycles. The summed E-state index contributed by atoms with van der Waals surface area (Å²) >= 11 is 5.88. The van der Waals surface area contributed by atoms with Gasteiger partial charge in [-0.05, 0) is 48.5 Å². The van der Waals surface area contributed by atoms with Crippen molar-refractivity contribution in [1.29, 1.82) is 0 Å². The highest BCUT2D eigenvalue weighted by molar-refractivity contribution is 6.30. The van der Waals surface area contributed by atoms with Gasteiger partial charge in [0.25, 0.3) is 0 Å². The van der Waals surface area contributed by atoms with E-state index in [1.165, 1.54) is 0 Å². The number of ether oxygens (including phenoxy) is 1. The normalized spacial score (nSPS) is 13.8. The number of piperazine rings is 1. The molecule has 2 aromatic carbocycles. The van der Waals surface area contributed by atoms with E-state index in [1.807, 2.05) is 36.4 Å². The molecule has 3 aromatic rings. The number of halogens is 1. The molecule has 4 rings (SSSR count). The van der Waals surface area contributed by atoms with Crippen molar-refractivity contribution in [2.75, 3.05) is 43.5 Å². The molecule has 0 saturated carbocycles. The molecule has 1 aliphatic rings. The molecule has 8 heteroatoms. The molecule has 1 saturated heterocycles. The van der Waals surface area contributed by atoms with Gasteiger partial charge in [0.2, 0.25) is 0 Å². The van der Waals surface area contributed by atoms with Gasteiger partial charge in [-0.25, -0.2) is 4.79 Å². The Morgan fingerprint density at radius 3 is 2.37 bits per heavy atom. The van der Waals surface area contributed by atoms with Crippen LogP contribution in [0.25, 0.3) is 11.3 Å². The van der Waals surface area contributed by atoms with Gasteiger partial charge in [-0.2, -0.15) is 0 Å². The SMILES string of the molecule is COc1ccccc1-c1ccc(N2CCN(C(=O)Nc3ccc(Cl)cc3)CC2)nn1. The topological polar surface area (TPSA) is 70.6 Å². The Kier molecular flexibility index (Phi) is 5.99. The van der Waals surface area contributed by atoms with Crippen LogP contribution in [-0.2, 0) is 0 Å². The van der Waals surface area contributed by atoms with Gasteiger partial charge in [0, 0.05) is 42.5 Å². The summed E-state index contributed by atoms with van der Waals surface area (Å²) in [5.41, 5.74) is 2.39. The van der Waals surface area contributed by atoms with Crippen molar-refractivity contribution in [2.24, 2.45) is 0 Å². The predicted octanol–water partition coefficient (Wildman–Crippen LogP) is 4.16. The fraction of sp³-hybridized carbons (Fsp3) is 0.227. The zero-order valence-electron chi connectivity index (χ0n) is 16.6. The lowest BCUT2D eigenvalue weighted by molar-refractivity contribution is 0.208. The van der Waals surface area contributed by atoms with E-state index >= 15 is 0 Å². The Balaban J connectivity index is 1.36. The van der Waals surface area contributed by atoms with E-state index in [4.69, 9.17) is 16.3 Å². The van der Waals surface area contributed by atoms with Gasteiger partial charge in [0.1, 0.15) is 5.75 Å². The number of carbonyl (C=O) groups is 1. The van der Waals surface area contributed by atoms with E-state index < -0.39 is 0 Å². The summed E-state index contributed by atoms with van der Waals surface area (Å²) in [5.74, 6) is 1.56. The van der Waals surface area contributed by atoms with Crippen LogP contribution >= 0.6 is 11.6 Å². The van der Waals surface area contributed by atoms with Crippen LogP contribution in [-0.4, -0.2) is 54.4 Å². The minimum absolute atomic E-state index is 0.116. The second-order valence-electron chi connectivity index (χ2n) is 6.89. The van der Waals surface area contributed by atoms with E-state index in [-0.39, 0.29) is 6.03 Å². The molecule has 7 nitrogen and oxygen atoms in total. The number of urea groups is 1. The van der Waals surface area contributed by atoms with E-state index in [0.29, 0.717) is 31.2 Å². The molecule has 154 valence electrons. The number of nitrogens with one attached hydrogen (secondary N) is 1. The zero-order chi connectivity index (χ0) is 20.9. The maximum atomic E-state index is 12.5. The molecule has 1 aliphatic heterocycles. The van der Waals surface area contributed by atoms with Crippen LogP contribution in [0.4, 0.5) is 16.3 Å². The van der Waals surface area contributed by atoms with Gasteiger partial charge < -0.3 is 19.9 Å². The first-order chi connectivity index (χ1) is 14.6. The fourth-order valence-corrected chi connectivity index (χ4v) is 3.49. The second-order valence-corrected chi connectivity index (χ2v) is 7.32. The molecule has 0 unspecified atom stereocenters. The van der Waals surface area contributed by atoms with Crippen molar-refractivity contribution < 1.29 is 9.53 Å². The summed E-state index contributed by atoms with van der Waals surface area (Å²) in [6.45, 7) is 2.60. The molecule has 2 heterocycles. The van der Waals surface area contributed by atoms with Gasteiger partial charge in [0.05, 0.1) is 12.8 Å². The highest BCUT2D eigenvalue weighted by Crippen LogP contribution is 2.28. The Bertz CT molecular complexity index is 1000. The molecule has 30 heavy (non-hydrogen) atoms. The number of benzene rings is 2. The van der Waals surface area contributed by atoms with Gasteiger partial charge in [-0.15, -0.1) is 10.2 Å². The van der Waals surface area contributed by atoms with Crippen LogP contribution in [0.2, 0.25) is 5.02 Å². The summed E-state index contributed by atoms with van der Waals surface area (Å²) in [6.07, 6.45) is 0. The highest BCUT2D eigenvalue weighted by Gasteiger charge is 2.22. The summed E-state index contributed by atoms with van der Waals surface area (Å²) in [5, 5.41) is 12.3. The zero-order valence-corrected chi connectivity index (χ0v) is 17.3. The molecule has 0 radical (unpaired) electrons. The Labute approximate surface area is 180 Å².